The molecule has 0 aliphatic carbocycles. The predicted molar refractivity (Wildman–Crippen MR) is 97.9 cm³/mol. The number of ether oxygens (including phenoxy) is 3. The van der Waals surface area contributed by atoms with Crippen LogP contribution in [0.1, 0.15) is 12.8 Å². The highest BCUT2D eigenvalue weighted by molar-refractivity contribution is 5.90. The number of carbonyl (C=O) groups is 1. The number of piperidine rings is 1. The van der Waals surface area contributed by atoms with Gasteiger partial charge < -0.3 is 23.7 Å². The molecule has 0 spiro atoms. The van der Waals surface area contributed by atoms with Gasteiger partial charge in [0.15, 0.2) is 11.5 Å². The second kappa shape index (κ2) is 7.78. The molecule has 0 N–H and O–H groups in total. The van der Waals surface area contributed by atoms with Crippen LogP contribution >= 0.6 is 0 Å². The second-order valence-corrected chi connectivity index (χ2v) is 6.35. The van der Waals surface area contributed by atoms with Crippen molar-refractivity contribution < 1.29 is 19.0 Å². The van der Waals surface area contributed by atoms with Gasteiger partial charge in [0.25, 0.3) is 5.56 Å². The van der Waals surface area contributed by atoms with Crippen LogP contribution in [0.25, 0.3) is 10.8 Å². The van der Waals surface area contributed by atoms with Crippen LogP contribution in [0.4, 0.5) is 0 Å². The van der Waals surface area contributed by atoms with Crippen LogP contribution in [0.3, 0.4) is 0 Å². The molecule has 0 bridgehead atoms. The van der Waals surface area contributed by atoms with E-state index >= 15 is 0 Å². The number of hydrogen-bond acceptors (Lipinski definition) is 5. The number of amides is 1. The van der Waals surface area contributed by atoms with Gasteiger partial charge in [-0.3, -0.25) is 9.59 Å². The lowest BCUT2D eigenvalue weighted by molar-refractivity contribution is -0.135. The van der Waals surface area contributed by atoms with E-state index in [9.17, 15) is 9.59 Å². The molecule has 1 atom stereocenters. The fourth-order valence-electron chi connectivity index (χ4n) is 3.42. The molecule has 26 heavy (non-hydrogen) atoms. The van der Waals surface area contributed by atoms with Crippen LogP contribution in [-0.2, 0) is 16.1 Å². The topological polar surface area (TPSA) is 70.0 Å². The monoisotopic (exact) mass is 360 g/mol. The Labute approximate surface area is 152 Å². The van der Waals surface area contributed by atoms with Gasteiger partial charge >= 0.3 is 0 Å². The molecule has 0 radical (unpaired) electrons. The van der Waals surface area contributed by atoms with E-state index in [-0.39, 0.29) is 24.1 Å². The molecule has 7 heteroatoms. The van der Waals surface area contributed by atoms with Gasteiger partial charge in [0.2, 0.25) is 5.91 Å². The molecule has 0 unspecified atom stereocenters. The summed E-state index contributed by atoms with van der Waals surface area (Å²) in [6.45, 7) is 1.29. The van der Waals surface area contributed by atoms with Crippen molar-refractivity contribution in [2.45, 2.75) is 25.5 Å². The molecule has 0 saturated carbocycles. The van der Waals surface area contributed by atoms with E-state index in [0.717, 1.165) is 12.8 Å². The third-order valence-electron chi connectivity index (χ3n) is 4.87. The molecule has 1 aromatic carbocycles. The first-order chi connectivity index (χ1) is 12.6. The molecule has 2 aromatic rings. The minimum atomic E-state index is -0.225. The number of pyridine rings is 1. The third-order valence-corrected chi connectivity index (χ3v) is 4.87. The molecule has 1 saturated heterocycles. The van der Waals surface area contributed by atoms with Crippen molar-refractivity contribution in [3.63, 3.8) is 0 Å². The minimum absolute atomic E-state index is 0.0134. The first-order valence-corrected chi connectivity index (χ1v) is 8.63. The molecule has 2 heterocycles. The van der Waals surface area contributed by atoms with Crippen LogP contribution in [-0.4, -0.2) is 55.9 Å². The number of aromatic nitrogens is 1. The molecule has 3 rings (SSSR count). The van der Waals surface area contributed by atoms with Gasteiger partial charge in [-0.2, -0.15) is 0 Å². The van der Waals surface area contributed by atoms with E-state index in [4.69, 9.17) is 14.2 Å². The van der Waals surface area contributed by atoms with Crippen LogP contribution < -0.4 is 15.0 Å². The molecule has 1 amide bonds. The van der Waals surface area contributed by atoms with Crippen molar-refractivity contribution in [1.29, 1.82) is 0 Å². The summed E-state index contributed by atoms with van der Waals surface area (Å²) in [5, 5.41) is 1.16. The Morgan fingerprint density at radius 1 is 1.15 bits per heavy atom. The fourth-order valence-corrected chi connectivity index (χ4v) is 3.42. The molecule has 140 valence electrons. The average molecular weight is 360 g/mol. The highest BCUT2D eigenvalue weighted by Gasteiger charge is 2.24. The molecular formula is C19H24N2O5. The predicted octanol–water partition coefficient (Wildman–Crippen LogP) is 1.66. The maximum absolute atomic E-state index is 12.8. The molecular weight excluding hydrogens is 336 g/mol. The van der Waals surface area contributed by atoms with Crippen molar-refractivity contribution in [2.75, 3.05) is 34.4 Å². The van der Waals surface area contributed by atoms with Crippen molar-refractivity contribution in [2.24, 2.45) is 0 Å². The summed E-state index contributed by atoms with van der Waals surface area (Å²) in [4.78, 5) is 27.2. The lowest BCUT2D eigenvalue weighted by Crippen LogP contribution is -2.45. The standard InChI is InChI=1S/C19H24N2O5/c1-24-13-5-4-9-20(11-13)17(22)12-21-10-8-14-15(19(21)23)6-7-16(25-2)18(14)26-3/h6-8,10,13H,4-5,9,11-12H2,1-3H3/t13-/m0/s1. The zero-order valence-corrected chi connectivity index (χ0v) is 15.4. The van der Waals surface area contributed by atoms with E-state index in [1.165, 1.54) is 11.7 Å². The van der Waals surface area contributed by atoms with Gasteiger partial charge in [-0.1, -0.05) is 0 Å². The van der Waals surface area contributed by atoms with Gasteiger partial charge in [-0.05, 0) is 31.0 Å². The summed E-state index contributed by atoms with van der Waals surface area (Å²) in [6, 6.07) is 5.17. The van der Waals surface area contributed by atoms with Gasteiger partial charge in [0.05, 0.1) is 25.7 Å². The Hall–Kier alpha value is -2.54. The summed E-state index contributed by atoms with van der Waals surface area (Å²) in [5.41, 5.74) is -0.225. The molecule has 1 aromatic heterocycles. The highest BCUT2D eigenvalue weighted by atomic mass is 16.5. The SMILES string of the molecule is COc1ccc2c(=O)n(CC(=O)N3CCC[C@H](OC)C3)ccc2c1OC. The summed E-state index contributed by atoms with van der Waals surface area (Å²) in [7, 11) is 4.75. The Morgan fingerprint density at radius 2 is 1.96 bits per heavy atom. The van der Waals surface area contributed by atoms with Crippen molar-refractivity contribution in [3.8, 4) is 11.5 Å². The summed E-state index contributed by atoms with van der Waals surface area (Å²) < 4.78 is 17.5. The van der Waals surface area contributed by atoms with Gasteiger partial charge in [-0.15, -0.1) is 0 Å². The van der Waals surface area contributed by atoms with Crippen LogP contribution in [0.5, 0.6) is 11.5 Å². The normalized spacial score (nSPS) is 17.3. The quantitative estimate of drug-likeness (QED) is 0.811. The highest BCUT2D eigenvalue weighted by Crippen LogP contribution is 2.33. The van der Waals surface area contributed by atoms with Gasteiger partial charge in [-0.25, -0.2) is 0 Å². The molecule has 1 aliphatic heterocycles. The zero-order valence-electron chi connectivity index (χ0n) is 15.4. The van der Waals surface area contributed by atoms with Gasteiger partial charge in [0.1, 0.15) is 6.54 Å². The number of benzene rings is 1. The Morgan fingerprint density at radius 3 is 2.65 bits per heavy atom. The molecule has 1 fully saturated rings. The lowest BCUT2D eigenvalue weighted by atomic mass is 10.1. The Bertz CT molecular complexity index is 861. The van der Waals surface area contributed by atoms with Crippen LogP contribution in [0, 0.1) is 0 Å². The first-order valence-electron chi connectivity index (χ1n) is 8.63. The number of methoxy groups -OCH3 is 3. The maximum Gasteiger partial charge on any atom is 0.259 e. The maximum atomic E-state index is 12.8. The summed E-state index contributed by atoms with van der Waals surface area (Å²) in [5.74, 6) is 1.00. The number of fused-ring (bicyclic) bond motifs is 1. The Balaban J connectivity index is 1.88. The summed E-state index contributed by atoms with van der Waals surface area (Å²) in [6.07, 6.45) is 3.56. The first kappa shape index (κ1) is 18.3. The van der Waals surface area contributed by atoms with E-state index in [1.54, 1.807) is 43.5 Å². The average Bonchev–Trinajstić information content (AvgIpc) is 2.69. The lowest BCUT2D eigenvalue weighted by Gasteiger charge is -2.32. The number of rotatable bonds is 5. The van der Waals surface area contributed by atoms with Crippen molar-refractivity contribution in [1.82, 2.24) is 9.47 Å². The number of hydrogen-bond donors (Lipinski definition) is 0. The minimum Gasteiger partial charge on any atom is -0.493 e. The van der Waals surface area contributed by atoms with Crippen molar-refractivity contribution in [3.05, 3.63) is 34.7 Å². The van der Waals surface area contributed by atoms with Crippen LogP contribution in [0.15, 0.2) is 29.2 Å². The van der Waals surface area contributed by atoms with Crippen molar-refractivity contribution >= 4 is 16.7 Å². The second-order valence-electron chi connectivity index (χ2n) is 6.35. The third kappa shape index (κ3) is 3.39. The Kier molecular flexibility index (Phi) is 5.46. The van der Waals surface area contributed by atoms with Crippen LogP contribution in [0.2, 0.25) is 0 Å². The van der Waals surface area contributed by atoms with Gasteiger partial charge in [0, 0.05) is 31.8 Å². The van der Waals surface area contributed by atoms with E-state index in [0.29, 0.717) is 35.4 Å². The van der Waals surface area contributed by atoms with E-state index in [2.05, 4.69) is 0 Å². The number of likely N-dealkylation sites (tertiary alicyclic amines) is 1. The van der Waals surface area contributed by atoms with E-state index < -0.39 is 0 Å². The smallest absolute Gasteiger partial charge is 0.259 e. The fraction of sp³-hybridized carbons (Fsp3) is 0.474. The largest absolute Gasteiger partial charge is 0.493 e. The van der Waals surface area contributed by atoms with E-state index in [1.807, 2.05) is 0 Å². The zero-order chi connectivity index (χ0) is 18.7. The number of carbonyl (C=O) groups excluding carboxylic acids is 1. The molecule has 1 aliphatic rings. The number of nitrogens with zero attached hydrogens (tertiary/aromatic N) is 2. The summed E-state index contributed by atoms with van der Waals surface area (Å²) >= 11 is 0. The molecule has 7 nitrogen and oxygen atoms in total.